The van der Waals surface area contributed by atoms with E-state index in [-0.39, 0.29) is 31.2 Å². The summed E-state index contributed by atoms with van der Waals surface area (Å²) < 4.78 is 4.44. The van der Waals surface area contributed by atoms with Crippen molar-refractivity contribution >= 4 is 12.0 Å². The predicted molar refractivity (Wildman–Crippen MR) is 60.4 cm³/mol. The van der Waals surface area contributed by atoms with Crippen LogP contribution in [0.4, 0.5) is 4.79 Å². The van der Waals surface area contributed by atoms with Crippen LogP contribution in [-0.2, 0) is 16.0 Å². The van der Waals surface area contributed by atoms with E-state index in [9.17, 15) is 14.7 Å². The normalized spacial score (nSPS) is 9.65. The summed E-state index contributed by atoms with van der Waals surface area (Å²) >= 11 is 0. The Morgan fingerprint density at radius 1 is 1.35 bits per heavy atom. The SMILES string of the molecule is NC(=O)OCCNC(=O)Cc1ccccc1O. The van der Waals surface area contributed by atoms with Crippen molar-refractivity contribution in [2.24, 2.45) is 5.73 Å². The molecule has 0 heterocycles. The highest BCUT2D eigenvalue weighted by Crippen LogP contribution is 2.15. The third-order valence-electron chi connectivity index (χ3n) is 2.01. The molecule has 0 saturated carbocycles. The van der Waals surface area contributed by atoms with Crippen LogP contribution in [0.5, 0.6) is 5.75 Å². The number of carbonyl (C=O) groups is 2. The van der Waals surface area contributed by atoms with Crippen molar-refractivity contribution in [3.05, 3.63) is 29.8 Å². The lowest BCUT2D eigenvalue weighted by Crippen LogP contribution is -2.30. The number of nitrogens with two attached hydrogens (primary N) is 1. The lowest BCUT2D eigenvalue weighted by atomic mass is 10.1. The topological polar surface area (TPSA) is 102 Å². The van der Waals surface area contributed by atoms with E-state index in [0.717, 1.165) is 0 Å². The molecule has 0 spiro atoms. The van der Waals surface area contributed by atoms with Crippen molar-refractivity contribution in [2.75, 3.05) is 13.2 Å². The minimum absolute atomic E-state index is 0.0296. The molecule has 92 valence electrons. The van der Waals surface area contributed by atoms with Gasteiger partial charge in [0.2, 0.25) is 5.91 Å². The van der Waals surface area contributed by atoms with Crippen LogP contribution in [0, 0.1) is 0 Å². The fraction of sp³-hybridized carbons (Fsp3) is 0.273. The molecule has 6 nitrogen and oxygen atoms in total. The number of nitrogens with one attached hydrogen (secondary N) is 1. The molecule has 0 saturated heterocycles. The van der Waals surface area contributed by atoms with Gasteiger partial charge in [-0.15, -0.1) is 0 Å². The van der Waals surface area contributed by atoms with Crippen molar-refractivity contribution < 1.29 is 19.4 Å². The van der Waals surface area contributed by atoms with Gasteiger partial charge < -0.3 is 20.9 Å². The summed E-state index contributed by atoms with van der Waals surface area (Å²) in [6.07, 6.45) is -0.802. The smallest absolute Gasteiger partial charge is 0.404 e. The number of primary amides is 1. The van der Waals surface area contributed by atoms with Crippen LogP contribution < -0.4 is 11.1 Å². The van der Waals surface area contributed by atoms with E-state index >= 15 is 0 Å². The van der Waals surface area contributed by atoms with Gasteiger partial charge >= 0.3 is 6.09 Å². The van der Waals surface area contributed by atoms with E-state index < -0.39 is 6.09 Å². The van der Waals surface area contributed by atoms with Crippen LogP contribution in [-0.4, -0.2) is 30.3 Å². The lowest BCUT2D eigenvalue weighted by molar-refractivity contribution is -0.120. The third-order valence-corrected chi connectivity index (χ3v) is 2.01. The Morgan fingerprint density at radius 2 is 2.06 bits per heavy atom. The molecule has 1 aromatic rings. The molecule has 0 bridgehead atoms. The average molecular weight is 238 g/mol. The fourth-order valence-corrected chi connectivity index (χ4v) is 1.24. The molecule has 0 aromatic heterocycles. The van der Waals surface area contributed by atoms with Crippen LogP contribution in [0.3, 0.4) is 0 Å². The van der Waals surface area contributed by atoms with Crippen molar-refractivity contribution in [3.63, 3.8) is 0 Å². The van der Waals surface area contributed by atoms with Crippen molar-refractivity contribution in [2.45, 2.75) is 6.42 Å². The molecule has 4 N–H and O–H groups in total. The second kappa shape index (κ2) is 6.37. The van der Waals surface area contributed by atoms with Gasteiger partial charge in [-0.05, 0) is 6.07 Å². The number of phenols is 1. The van der Waals surface area contributed by atoms with Gasteiger partial charge in [-0.25, -0.2) is 4.79 Å². The van der Waals surface area contributed by atoms with Crippen LogP contribution in [0.2, 0.25) is 0 Å². The summed E-state index contributed by atoms with van der Waals surface area (Å²) in [4.78, 5) is 21.6. The number of amides is 2. The highest BCUT2D eigenvalue weighted by Gasteiger charge is 2.06. The molecule has 0 aliphatic heterocycles. The molecule has 1 aromatic carbocycles. The summed E-state index contributed by atoms with van der Waals surface area (Å²) in [6.45, 7) is 0.219. The van der Waals surface area contributed by atoms with Crippen LogP contribution in [0.1, 0.15) is 5.56 Å². The molecule has 0 unspecified atom stereocenters. The third kappa shape index (κ3) is 4.87. The number of hydrogen-bond acceptors (Lipinski definition) is 4. The fourth-order valence-electron chi connectivity index (χ4n) is 1.24. The van der Waals surface area contributed by atoms with E-state index in [0.29, 0.717) is 5.56 Å². The predicted octanol–water partition coefficient (Wildman–Crippen LogP) is 0.146. The van der Waals surface area contributed by atoms with E-state index in [1.165, 1.54) is 6.07 Å². The lowest BCUT2D eigenvalue weighted by Gasteiger charge is -2.06. The first-order valence-corrected chi connectivity index (χ1v) is 5.05. The van der Waals surface area contributed by atoms with Gasteiger partial charge in [-0.2, -0.15) is 0 Å². The second-order valence-electron chi connectivity index (χ2n) is 3.32. The van der Waals surface area contributed by atoms with E-state index in [4.69, 9.17) is 5.73 Å². The molecule has 0 aliphatic carbocycles. The Bertz CT molecular complexity index is 406. The number of carbonyl (C=O) groups excluding carboxylic acids is 2. The summed E-state index contributed by atoms with van der Waals surface area (Å²) in [6, 6.07) is 6.59. The summed E-state index contributed by atoms with van der Waals surface area (Å²) in [5.74, 6) is -0.185. The van der Waals surface area contributed by atoms with Crippen LogP contribution in [0.15, 0.2) is 24.3 Å². The number of para-hydroxylation sites is 1. The van der Waals surface area contributed by atoms with Gasteiger partial charge in [0.1, 0.15) is 12.4 Å². The maximum atomic E-state index is 11.4. The number of aromatic hydroxyl groups is 1. The number of hydrogen-bond donors (Lipinski definition) is 3. The maximum Gasteiger partial charge on any atom is 0.404 e. The van der Waals surface area contributed by atoms with E-state index in [2.05, 4.69) is 10.1 Å². The number of phenolic OH excluding ortho intramolecular Hbond substituents is 1. The molecule has 6 heteroatoms. The quantitative estimate of drug-likeness (QED) is 0.635. The molecule has 1 rings (SSSR count). The van der Waals surface area contributed by atoms with Gasteiger partial charge in [0.25, 0.3) is 0 Å². The van der Waals surface area contributed by atoms with Gasteiger partial charge in [-0.3, -0.25) is 4.79 Å². The Morgan fingerprint density at radius 3 is 2.71 bits per heavy atom. The zero-order valence-electron chi connectivity index (χ0n) is 9.18. The Kier molecular flexibility index (Phi) is 4.80. The number of rotatable bonds is 5. The first kappa shape index (κ1) is 12.8. The number of benzene rings is 1. The van der Waals surface area contributed by atoms with E-state index in [1.807, 2.05) is 0 Å². The standard InChI is InChI=1S/C11H14N2O4/c12-11(16)17-6-5-13-10(15)7-8-3-1-2-4-9(8)14/h1-4,14H,5-7H2,(H2,12,16)(H,13,15). The monoisotopic (exact) mass is 238 g/mol. The molecule has 0 aliphatic rings. The Balaban J connectivity index is 2.30. The number of ether oxygens (including phenoxy) is 1. The highest BCUT2D eigenvalue weighted by molar-refractivity contribution is 5.79. The van der Waals surface area contributed by atoms with E-state index in [1.54, 1.807) is 18.2 Å². The van der Waals surface area contributed by atoms with Crippen LogP contribution in [0.25, 0.3) is 0 Å². The summed E-state index contributed by atoms with van der Waals surface area (Å²) in [5.41, 5.74) is 5.29. The first-order valence-electron chi connectivity index (χ1n) is 5.05. The van der Waals surface area contributed by atoms with Gasteiger partial charge in [-0.1, -0.05) is 18.2 Å². The molecular weight excluding hydrogens is 224 g/mol. The summed E-state index contributed by atoms with van der Waals surface area (Å²) in [7, 11) is 0. The van der Waals surface area contributed by atoms with Crippen molar-refractivity contribution in [1.29, 1.82) is 0 Å². The average Bonchev–Trinajstić information content (AvgIpc) is 2.27. The van der Waals surface area contributed by atoms with Gasteiger partial charge in [0.05, 0.1) is 13.0 Å². The molecule has 17 heavy (non-hydrogen) atoms. The second-order valence-corrected chi connectivity index (χ2v) is 3.32. The largest absolute Gasteiger partial charge is 0.508 e. The Labute approximate surface area is 98.4 Å². The van der Waals surface area contributed by atoms with Crippen molar-refractivity contribution in [3.8, 4) is 5.75 Å². The maximum absolute atomic E-state index is 11.4. The molecule has 0 radical (unpaired) electrons. The molecule has 0 fully saturated rings. The van der Waals surface area contributed by atoms with Crippen molar-refractivity contribution in [1.82, 2.24) is 5.32 Å². The Hall–Kier alpha value is -2.24. The van der Waals surface area contributed by atoms with Gasteiger partial charge in [0.15, 0.2) is 0 Å². The van der Waals surface area contributed by atoms with Crippen LogP contribution >= 0.6 is 0 Å². The molecule has 2 amide bonds. The highest BCUT2D eigenvalue weighted by atomic mass is 16.5. The molecule has 0 atom stereocenters. The minimum atomic E-state index is -0.875. The molecular formula is C11H14N2O4. The van der Waals surface area contributed by atoms with Gasteiger partial charge in [0, 0.05) is 5.56 Å². The first-order chi connectivity index (χ1) is 8.09. The summed E-state index contributed by atoms with van der Waals surface area (Å²) in [5, 5.41) is 12.0. The zero-order chi connectivity index (χ0) is 12.7. The zero-order valence-corrected chi connectivity index (χ0v) is 9.18. The minimum Gasteiger partial charge on any atom is -0.508 e.